The Morgan fingerprint density at radius 3 is 2.22 bits per heavy atom. The summed E-state index contributed by atoms with van der Waals surface area (Å²) in [6.45, 7) is 8.08. The lowest BCUT2D eigenvalue weighted by Crippen LogP contribution is -2.08. The number of carbonyl (C=O) groups is 1. The predicted molar refractivity (Wildman–Crippen MR) is 73.9 cm³/mol. The number of thiophene rings is 1. The maximum atomic E-state index is 12.0. The number of nitrogens with zero attached hydrogens (tertiary/aromatic N) is 1. The molecule has 2 aromatic heterocycles. The summed E-state index contributed by atoms with van der Waals surface area (Å²) in [5.41, 5.74) is 3.94. The number of methoxy groups -OCH3 is 1. The molecule has 2 aromatic rings. The molecule has 18 heavy (non-hydrogen) atoms. The van der Waals surface area contributed by atoms with Crippen molar-refractivity contribution in [3.05, 3.63) is 39.5 Å². The molecule has 0 unspecified atom stereocenters. The van der Waals surface area contributed by atoms with Crippen LogP contribution in [0.1, 0.15) is 32.2 Å². The third-order valence-electron chi connectivity index (χ3n) is 3.23. The van der Waals surface area contributed by atoms with E-state index in [-0.39, 0.29) is 5.97 Å². The van der Waals surface area contributed by atoms with Crippen LogP contribution in [0.25, 0.3) is 5.00 Å². The highest BCUT2D eigenvalue weighted by molar-refractivity contribution is 7.15. The number of aromatic nitrogens is 1. The zero-order valence-electron chi connectivity index (χ0n) is 11.3. The zero-order valence-corrected chi connectivity index (χ0v) is 12.1. The fourth-order valence-corrected chi connectivity index (χ4v) is 3.36. The van der Waals surface area contributed by atoms with Gasteiger partial charge in [-0.25, -0.2) is 4.79 Å². The Morgan fingerprint density at radius 1 is 1.17 bits per heavy atom. The van der Waals surface area contributed by atoms with Crippen molar-refractivity contribution in [2.75, 3.05) is 7.11 Å². The summed E-state index contributed by atoms with van der Waals surface area (Å²) in [4.78, 5) is 13.1. The Bertz CT molecular complexity index is 588. The SMILES string of the molecule is COC(=O)c1c(-n2c(C)ccc2C)sc(C)c1C. The highest BCUT2D eigenvalue weighted by Crippen LogP contribution is 2.33. The molecule has 0 bridgehead atoms. The fourth-order valence-electron chi connectivity index (χ4n) is 2.10. The second-order valence-electron chi connectivity index (χ2n) is 4.41. The van der Waals surface area contributed by atoms with Gasteiger partial charge in [0.2, 0.25) is 0 Å². The molecule has 0 aliphatic heterocycles. The largest absolute Gasteiger partial charge is 0.465 e. The first-order valence-corrected chi connectivity index (χ1v) is 6.62. The molecule has 0 atom stereocenters. The van der Waals surface area contributed by atoms with E-state index in [9.17, 15) is 4.79 Å². The molecule has 4 heteroatoms. The Hall–Kier alpha value is -1.55. The smallest absolute Gasteiger partial charge is 0.341 e. The standard InChI is InChI=1S/C14H17NO2S/c1-8-6-7-9(2)15(8)13-12(14(16)17-5)10(3)11(4)18-13/h6-7H,1-5H3. The maximum Gasteiger partial charge on any atom is 0.341 e. The average Bonchev–Trinajstić information content (AvgIpc) is 2.80. The molecule has 0 saturated carbocycles. The molecule has 0 saturated heterocycles. The molecule has 2 heterocycles. The fraction of sp³-hybridized carbons (Fsp3) is 0.357. The highest BCUT2D eigenvalue weighted by Gasteiger charge is 2.22. The lowest BCUT2D eigenvalue weighted by molar-refractivity contribution is 0.0600. The molecule has 0 aromatic carbocycles. The number of hydrogen-bond donors (Lipinski definition) is 0. The van der Waals surface area contributed by atoms with Crippen LogP contribution >= 0.6 is 11.3 Å². The van der Waals surface area contributed by atoms with E-state index >= 15 is 0 Å². The van der Waals surface area contributed by atoms with E-state index in [1.54, 1.807) is 11.3 Å². The van der Waals surface area contributed by atoms with Gasteiger partial charge in [0.15, 0.2) is 0 Å². The minimum absolute atomic E-state index is 0.264. The predicted octanol–water partition coefficient (Wildman–Crippen LogP) is 3.56. The van der Waals surface area contributed by atoms with Gasteiger partial charge in [-0.3, -0.25) is 0 Å². The molecule has 0 aliphatic carbocycles. The van der Waals surface area contributed by atoms with Crippen LogP contribution in [0.4, 0.5) is 0 Å². The van der Waals surface area contributed by atoms with Crippen molar-refractivity contribution in [2.45, 2.75) is 27.7 Å². The van der Waals surface area contributed by atoms with Gasteiger partial charge in [0, 0.05) is 16.3 Å². The van der Waals surface area contributed by atoms with Crippen LogP contribution in [0.15, 0.2) is 12.1 Å². The molecule has 0 radical (unpaired) electrons. The molecular formula is C14H17NO2S. The van der Waals surface area contributed by atoms with Gasteiger partial charge in [0.1, 0.15) is 5.00 Å². The summed E-state index contributed by atoms with van der Waals surface area (Å²) >= 11 is 1.63. The van der Waals surface area contributed by atoms with Gasteiger partial charge >= 0.3 is 5.97 Å². The molecule has 0 fully saturated rings. The van der Waals surface area contributed by atoms with Gasteiger partial charge in [-0.1, -0.05) is 0 Å². The van der Waals surface area contributed by atoms with Crippen molar-refractivity contribution in [1.82, 2.24) is 4.57 Å². The molecule has 2 rings (SSSR count). The van der Waals surface area contributed by atoms with Crippen molar-refractivity contribution in [3.63, 3.8) is 0 Å². The summed E-state index contributed by atoms with van der Waals surface area (Å²) in [6.07, 6.45) is 0. The Morgan fingerprint density at radius 2 is 1.72 bits per heavy atom. The van der Waals surface area contributed by atoms with Crippen molar-refractivity contribution in [3.8, 4) is 5.00 Å². The number of esters is 1. The summed E-state index contributed by atoms with van der Waals surface area (Å²) in [5.74, 6) is -0.264. The van der Waals surface area contributed by atoms with Crippen LogP contribution in [-0.2, 0) is 4.74 Å². The molecular weight excluding hydrogens is 246 g/mol. The lowest BCUT2D eigenvalue weighted by atomic mass is 10.1. The number of hydrogen-bond acceptors (Lipinski definition) is 3. The number of rotatable bonds is 2. The summed E-state index contributed by atoms with van der Waals surface area (Å²) in [5, 5.41) is 0.955. The Kier molecular flexibility index (Phi) is 3.30. The van der Waals surface area contributed by atoms with Crippen LogP contribution in [0.2, 0.25) is 0 Å². The van der Waals surface area contributed by atoms with Crippen molar-refractivity contribution in [1.29, 1.82) is 0 Å². The Balaban J connectivity index is 2.72. The first kappa shape index (κ1) is 12.9. The van der Waals surface area contributed by atoms with E-state index in [0.717, 1.165) is 26.8 Å². The third-order valence-corrected chi connectivity index (χ3v) is 4.42. The van der Waals surface area contributed by atoms with Crippen LogP contribution in [0, 0.1) is 27.7 Å². The van der Waals surface area contributed by atoms with Gasteiger partial charge in [0.25, 0.3) is 0 Å². The second-order valence-corrected chi connectivity index (χ2v) is 5.61. The summed E-state index contributed by atoms with van der Waals surface area (Å²) in [7, 11) is 1.42. The maximum absolute atomic E-state index is 12.0. The van der Waals surface area contributed by atoms with E-state index in [2.05, 4.69) is 16.7 Å². The molecule has 0 spiro atoms. The summed E-state index contributed by atoms with van der Waals surface area (Å²) in [6, 6.07) is 4.11. The molecule has 0 aliphatic rings. The van der Waals surface area contributed by atoms with Gasteiger partial charge in [0.05, 0.1) is 12.7 Å². The first-order chi connectivity index (χ1) is 8.47. The van der Waals surface area contributed by atoms with Gasteiger partial charge in [-0.05, 0) is 45.4 Å². The topological polar surface area (TPSA) is 31.2 Å². The Labute approximate surface area is 111 Å². The van der Waals surface area contributed by atoms with E-state index in [4.69, 9.17) is 4.74 Å². The molecule has 3 nitrogen and oxygen atoms in total. The quantitative estimate of drug-likeness (QED) is 0.776. The monoisotopic (exact) mass is 263 g/mol. The van der Waals surface area contributed by atoms with E-state index in [1.165, 1.54) is 7.11 Å². The lowest BCUT2D eigenvalue weighted by Gasteiger charge is -2.09. The highest BCUT2D eigenvalue weighted by atomic mass is 32.1. The van der Waals surface area contributed by atoms with Crippen LogP contribution in [-0.4, -0.2) is 17.6 Å². The minimum Gasteiger partial charge on any atom is -0.465 e. The molecule has 0 N–H and O–H groups in total. The minimum atomic E-state index is -0.264. The van der Waals surface area contributed by atoms with Gasteiger partial charge in [-0.2, -0.15) is 0 Å². The van der Waals surface area contributed by atoms with Crippen molar-refractivity contribution >= 4 is 17.3 Å². The third kappa shape index (κ3) is 1.86. The first-order valence-electron chi connectivity index (χ1n) is 5.81. The van der Waals surface area contributed by atoms with E-state index < -0.39 is 0 Å². The number of aryl methyl sites for hydroxylation is 3. The normalized spacial score (nSPS) is 10.7. The van der Waals surface area contributed by atoms with Crippen LogP contribution < -0.4 is 0 Å². The molecule has 96 valence electrons. The summed E-state index contributed by atoms with van der Waals surface area (Å²) < 4.78 is 7.01. The van der Waals surface area contributed by atoms with E-state index in [1.807, 2.05) is 27.7 Å². The van der Waals surface area contributed by atoms with Gasteiger partial charge in [-0.15, -0.1) is 11.3 Å². The average molecular weight is 263 g/mol. The van der Waals surface area contributed by atoms with Crippen molar-refractivity contribution < 1.29 is 9.53 Å². The van der Waals surface area contributed by atoms with E-state index in [0.29, 0.717) is 5.56 Å². The van der Waals surface area contributed by atoms with Crippen LogP contribution in [0.3, 0.4) is 0 Å². The van der Waals surface area contributed by atoms with Gasteiger partial charge < -0.3 is 9.30 Å². The number of ether oxygens (including phenoxy) is 1. The van der Waals surface area contributed by atoms with Crippen LogP contribution in [0.5, 0.6) is 0 Å². The zero-order chi connectivity index (χ0) is 13.4. The van der Waals surface area contributed by atoms with Crippen molar-refractivity contribution in [2.24, 2.45) is 0 Å². The molecule has 0 amide bonds. The second kappa shape index (κ2) is 4.61. The number of carbonyl (C=O) groups excluding carboxylic acids is 1.